The highest BCUT2D eigenvalue weighted by Gasteiger charge is 2.14. The van der Waals surface area contributed by atoms with Crippen LogP contribution >= 0.6 is 11.3 Å². The van der Waals surface area contributed by atoms with Crippen LogP contribution in [0, 0.1) is 5.41 Å². The van der Waals surface area contributed by atoms with E-state index in [1.165, 1.54) is 11.3 Å². The Balaban J connectivity index is 2.45. The number of hydrogen-bond donors (Lipinski definition) is 2. The van der Waals surface area contributed by atoms with Gasteiger partial charge in [0.2, 0.25) is 5.91 Å². The molecule has 1 amide bonds. The van der Waals surface area contributed by atoms with Crippen molar-refractivity contribution in [1.82, 2.24) is 4.98 Å². The molecule has 2 N–H and O–H groups in total. The number of aromatic nitrogens is 1. The second kappa shape index (κ2) is 5.95. The summed E-state index contributed by atoms with van der Waals surface area (Å²) in [6.07, 6.45) is 1.12. The topological polar surface area (TPSA) is 79.3 Å². The second-order valence-electron chi connectivity index (χ2n) is 5.32. The molecule has 0 saturated heterocycles. The molecule has 1 aromatic rings. The van der Waals surface area contributed by atoms with Gasteiger partial charge < -0.3 is 10.4 Å². The molecule has 0 spiro atoms. The van der Waals surface area contributed by atoms with E-state index in [-0.39, 0.29) is 17.7 Å². The van der Waals surface area contributed by atoms with Gasteiger partial charge in [0, 0.05) is 11.8 Å². The van der Waals surface area contributed by atoms with Crippen LogP contribution in [0.4, 0.5) is 5.13 Å². The van der Waals surface area contributed by atoms with Gasteiger partial charge in [-0.25, -0.2) is 4.98 Å². The number of rotatable bonds is 5. The number of nitrogens with zero attached hydrogens (tertiary/aromatic N) is 1. The van der Waals surface area contributed by atoms with E-state index in [1.807, 2.05) is 0 Å². The number of hydrogen-bond acceptors (Lipinski definition) is 4. The summed E-state index contributed by atoms with van der Waals surface area (Å²) < 4.78 is 0. The molecule has 18 heavy (non-hydrogen) atoms. The van der Waals surface area contributed by atoms with Crippen molar-refractivity contribution in [2.24, 2.45) is 5.41 Å². The summed E-state index contributed by atoms with van der Waals surface area (Å²) in [6.45, 7) is 6.23. The monoisotopic (exact) mass is 270 g/mol. The predicted octanol–water partition coefficient (Wildman–Crippen LogP) is 2.54. The van der Waals surface area contributed by atoms with Gasteiger partial charge >= 0.3 is 5.97 Å². The first-order valence-corrected chi connectivity index (χ1v) is 6.60. The lowest BCUT2D eigenvalue weighted by Crippen LogP contribution is -2.15. The number of anilines is 1. The van der Waals surface area contributed by atoms with E-state index in [0.29, 0.717) is 17.2 Å². The van der Waals surface area contributed by atoms with Crippen LogP contribution in [0.1, 0.15) is 39.3 Å². The second-order valence-corrected chi connectivity index (χ2v) is 6.18. The van der Waals surface area contributed by atoms with Crippen LogP contribution in [-0.4, -0.2) is 22.0 Å². The van der Waals surface area contributed by atoms with E-state index in [4.69, 9.17) is 5.11 Å². The highest BCUT2D eigenvalue weighted by molar-refractivity contribution is 7.13. The van der Waals surface area contributed by atoms with Crippen LogP contribution in [0.3, 0.4) is 0 Å². The first-order chi connectivity index (χ1) is 8.26. The normalized spacial score (nSPS) is 11.3. The molecule has 0 aliphatic carbocycles. The van der Waals surface area contributed by atoms with Crippen LogP contribution < -0.4 is 5.32 Å². The largest absolute Gasteiger partial charge is 0.481 e. The Kier molecular flexibility index (Phi) is 4.84. The zero-order valence-corrected chi connectivity index (χ0v) is 11.6. The van der Waals surface area contributed by atoms with Crippen molar-refractivity contribution < 1.29 is 14.7 Å². The number of carboxylic acids is 1. The summed E-state index contributed by atoms with van der Waals surface area (Å²) in [4.78, 5) is 26.2. The van der Waals surface area contributed by atoms with Crippen molar-refractivity contribution in [3.8, 4) is 0 Å². The van der Waals surface area contributed by atoms with Gasteiger partial charge in [-0.15, -0.1) is 11.3 Å². The molecule has 0 unspecified atom stereocenters. The first kappa shape index (κ1) is 14.6. The molecule has 0 aliphatic heterocycles. The molecule has 100 valence electrons. The number of thiazole rings is 1. The lowest BCUT2D eigenvalue weighted by molar-refractivity contribution is -0.136. The maximum absolute atomic E-state index is 11.6. The third-order valence-corrected chi connectivity index (χ3v) is 3.04. The van der Waals surface area contributed by atoms with Gasteiger partial charge in [-0.3, -0.25) is 9.59 Å². The molecular weight excluding hydrogens is 252 g/mol. The Labute approximate surface area is 110 Å². The summed E-state index contributed by atoms with van der Waals surface area (Å²) in [5.41, 5.74) is 0.591. The summed E-state index contributed by atoms with van der Waals surface area (Å²) >= 11 is 1.25. The Morgan fingerprint density at radius 3 is 2.67 bits per heavy atom. The lowest BCUT2D eigenvalue weighted by atomic mass is 9.90. The smallest absolute Gasteiger partial charge is 0.309 e. The first-order valence-electron chi connectivity index (χ1n) is 5.72. The highest BCUT2D eigenvalue weighted by atomic mass is 32.1. The molecule has 0 aromatic carbocycles. The summed E-state index contributed by atoms with van der Waals surface area (Å²) in [5, 5.41) is 13.4. The van der Waals surface area contributed by atoms with Gasteiger partial charge in [0.25, 0.3) is 0 Å². The highest BCUT2D eigenvalue weighted by Crippen LogP contribution is 2.21. The number of carboxylic acid groups (broad SMARTS) is 1. The number of aliphatic carboxylic acids is 1. The van der Waals surface area contributed by atoms with E-state index in [9.17, 15) is 9.59 Å². The fourth-order valence-electron chi connectivity index (χ4n) is 1.27. The Bertz CT molecular complexity index is 435. The van der Waals surface area contributed by atoms with Crippen molar-refractivity contribution in [3.63, 3.8) is 0 Å². The van der Waals surface area contributed by atoms with Gasteiger partial charge in [0.05, 0.1) is 12.1 Å². The zero-order chi connectivity index (χ0) is 13.8. The Morgan fingerprint density at radius 1 is 1.44 bits per heavy atom. The van der Waals surface area contributed by atoms with Gasteiger partial charge in [0.1, 0.15) is 0 Å². The number of nitrogens with one attached hydrogen (secondary N) is 1. The Morgan fingerprint density at radius 2 is 2.11 bits per heavy atom. The zero-order valence-electron chi connectivity index (χ0n) is 10.8. The summed E-state index contributed by atoms with van der Waals surface area (Å²) in [5.74, 6) is -1.01. The van der Waals surface area contributed by atoms with Gasteiger partial charge in [-0.1, -0.05) is 20.8 Å². The van der Waals surface area contributed by atoms with Crippen molar-refractivity contribution in [1.29, 1.82) is 0 Å². The molecule has 0 atom stereocenters. The molecule has 0 aliphatic rings. The molecule has 0 fully saturated rings. The molecule has 0 radical (unpaired) electrons. The maximum atomic E-state index is 11.6. The van der Waals surface area contributed by atoms with Crippen molar-refractivity contribution in [2.75, 3.05) is 5.32 Å². The van der Waals surface area contributed by atoms with Gasteiger partial charge in [-0.2, -0.15) is 0 Å². The standard InChI is InChI=1S/C12H18N2O3S/c1-12(2,3)5-4-9(15)14-11-13-8(7-18-11)6-10(16)17/h7H,4-6H2,1-3H3,(H,16,17)(H,13,14,15). The van der Waals surface area contributed by atoms with E-state index in [0.717, 1.165) is 6.42 Å². The molecule has 6 heteroatoms. The van der Waals surface area contributed by atoms with Crippen LogP contribution in [0.25, 0.3) is 0 Å². The number of amides is 1. The molecular formula is C12H18N2O3S. The molecule has 1 rings (SSSR count). The summed E-state index contributed by atoms with van der Waals surface area (Å²) in [6, 6.07) is 0. The van der Waals surface area contributed by atoms with E-state index in [2.05, 4.69) is 31.1 Å². The minimum absolute atomic E-state index is 0.0823. The predicted molar refractivity (Wildman–Crippen MR) is 70.8 cm³/mol. The van der Waals surface area contributed by atoms with E-state index < -0.39 is 5.97 Å². The maximum Gasteiger partial charge on any atom is 0.309 e. The average molecular weight is 270 g/mol. The Hall–Kier alpha value is -1.43. The fourth-order valence-corrected chi connectivity index (χ4v) is 2.00. The average Bonchev–Trinajstić information content (AvgIpc) is 2.60. The van der Waals surface area contributed by atoms with E-state index in [1.54, 1.807) is 5.38 Å². The number of carbonyl (C=O) groups excluding carboxylic acids is 1. The molecule has 5 nitrogen and oxygen atoms in total. The van der Waals surface area contributed by atoms with Crippen molar-refractivity contribution >= 4 is 28.3 Å². The molecule has 1 heterocycles. The van der Waals surface area contributed by atoms with Crippen LogP contribution in [0.15, 0.2) is 5.38 Å². The van der Waals surface area contributed by atoms with Crippen molar-refractivity contribution in [3.05, 3.63) is 11.1 Å². The third-order valence-electron chi connectivity index (χ3n) is 2.23. The van der Waals surface area contributed by atoms with Crippen LogP contribution in [-0.2, 0) is 16.0 Å². The van der Waals surface area contributed by atoms with E-state index >= 15 is 0 Å². The van der Waals surface area contributed by atoms with Crippen LogP contribution in [0.2, 0.25) is 0 Å². The van der Waals surface area contributed by atoms with Gasteiger partial charge in [0.15, 0.2) is 5.13 Å². The van der Waals surface area contributed by atoms with Crippen molar-refractivity contribution in [2.45, 2.75) is 40.0 Å². The fraction of sp³-hybridized carbons (Fsp3) is 0.583. The minimum Gasteiger partial charge on any atom is -0.481 e. The lowest BCUT2D eigenvalue weighted by Gasteiger charge is -2.16. The van der Waals surface area contributed by atoms with Gasteiger partial charge in [-0.05, 0) is 11.8 Å². The molecule has 0 saturated carbocycles. The molecule has 1 aromatic heterocycles. The minimum atomic E-state index is -0.925. The third kappa shape index (κ3) is 5.77. The molecule has 0 bridgehead atoms. The SMILES string of the molecule is CC(C)(C)CCC(=O)Nc1nc(CC(=O)O)cs1. The quantitative estimate of drug-likeness (QED) is 0.861. The number of carbonyl (C=O) groups is 2. The summed E-state index contributed by atoms with van der Waals surface area (Å²) in [7, 11) is 0. The van der Waals surface area contributed by atoms with Crippen LogP contribution in [0.5, 0.6) is 0 Å².